The number of rotatable bonds is 1. The van der Waals surface area contributed by atoms with Gasteiger partial charge in [0.2, 0.25) is 0 Å². The van der Waals surface area contributed by atoms with Crippen molar-refractivity contribution < 1.29 is 0 Å². The maximum atomic E-state index is 5.98. The van der Waals surface area contributed by atoms with Gasteiger partial charge in [-0.05, 0) is 13.0 Å². The highest BCUT2D eigenvalue weighted by atomic mass is 35.5. The average Bonchev–Trinajstić information content (AvgIpc) is 2.43. The van der Waals surface area contributed by atoms with Crippen molar-refractivity contribution in [2.24, 2.45) is 7.05 Å². The van der Waals surface area contributed by atoms with Crippen molar-refractivity contribution in [3.8, 4) is 0 Å². The van der Waals surface area contributed by atoms with E-state index in [9.17, 15) is 0 Å². The van der Waals surface area contributed by atoms with E-state index in [1.165, 1.54) is 0 Å². The van der Waals surface area contributed by atoms with Gasteiger partial charge >= 0.3 is 0 Å². The quantitative estimate of drug-likeness (QED) is 0.664. The van der Waals surface area contributed by atoms with Crippen LogP contribution in [0.3, 0.4) is 0 Å². The van der Waals surface area contributed by atoms with E-state index in [1.54, 1.807) is 4.68 Å². The van der Waals surface area contributed by atoms with Crippen LogP contribution in [-0.4, -0.2) is 14.3 Å². The summed E-state index contributed by atoms with van der Waals surface area (Å²) in [5, 5.41) is 6.16. The van der Waals surface area contributed by atoms with Crippen molar-refractivity contribution in [3.63, 3.8) is 0 Å². The van der Waals surface area contributed by atoms with Crippen molar-refractivity contribution in [2.45, 2.75) is 13.5 Å². The van der Waals surface area contributed by atoms with Gasteiger partial charge in [-0.25, -0.2) is 0 Å². The summed E-state index contributed by atoms with van der Waals surface area (Å²) in [7, 11) is 1.91. The summed E-state index contributed by atoms with van der Waals surface area (Å²) in [5.41, 5.74) is 0.963. The molecule has 12 heavy (non-hydrogen) atoms. The third kappa shape index (κ3) is 0.932. The molecule has 0 aromatic carbocycles. The number of hydrogen-bond donors (Lipinski definition) is 0. The molecule has 0 amide bonds. The van der Waals surface area contributed by atoms with Gasteiger partial charge in [-0.15, -0.1) is 0 Å². The van der Waals surface area contributed by atoms with Crippen LogP contribution in [0, 0.1) is 0 Å². The van der Waals surface area contributed by atoms with Crippen molar-refractivity contribution >= 4 is 22.6 Å². The van der Waals surface area contributed by atoms with E-state index in [0.717, 1.165) is 22.7 Å². The molecule has 0 aliphatic carbocycles. The maximum absolute atomic E-state index is 5.98. The Kier molecular flexibility index (Phi) is 1.61. The molecule has 2 heterocycles. The van der Waals surface area contributed by atoms with Crippen LogP contribution in [-0.2, 0) is 13.6 Å². The van der Waals surface area contributed by atoms with Crippen LogP contribution in [0.5, 0.6) is 0 Å². The molecule has 0 aliphatic rings. The van der Waals surface area contributed by atoms with Gasteiger partial charge in [-0.1, -0.05) is 11.6 Å². The largest absolute Gasteiger partial charge is 0.315 e. The second kappa shape index (κ2) is 2.52. The highest BCUT2D eigenvalue weighted by Gasteiger charge is 2.07. The number of halogens is 1. The van der Waals surface area contributed by atoms with Gasteiger partial charge in [-0.3, -0.25) is 4.68 Å². The molecule has 2 rings (SSSR count). The normalized spacial score (nSPS) is 11.2. The summed E-state index contributed by atoms with van der Waals surface area (Å²) >= 11 is 5.98. The second-order valence-electron chi connectivity index (χ2n) is 2.79. The van der Waals surface area contributed by atoms with Crippen LogP contribution in [0.15, 0.2) is 12.3 Å². The maximum Gasteiger partial charge on any atom is 0.163 e. The second-order valence-corrected chi connectivity index (χ2v) is 3.18. The van der Waals surface area contributed by atoms with Gasteiger partial charge in [0.15, 0.2) is 5.65 Å². The van der Waals surface area contributed by atoms with Gasteiger partial charge in [-0.2, -0.15) is 5.10 Å². The molecule has 0 bridgehead atoms. The third-order valence-electron chi connectivity index (χ3n) is 1.94. The molecule has 2 aromatic rings. The first-order valence-corrected chi connectivity index (χ1v) is 4.28. The molecule has 0 radical (unpaired) electrons. The Morgan fingerprint density at radius 2 is 2.33 bits per heavy atom. The lowest BCUT2D eigenvalue weighted by Gasteiger charge is -1.98. The third-order valence-corrected chi connectivity index (χ3v) is 2.25. The molecule has 0 unspecified atom stereocenters. The minimum Gasteiger partial charge on any atom is -0.315 e. The summed E-state index contributed by atoms with van der Waals surface area (Å²) in [6.07, 6.45) is 1.97. The summed E-state index contributed by atoms with van der Waals surface area (Å²) in [6.45, 7) is 2.92. The van der Waals surface area contributed by atoms with Crippen LogP contribution in [0.4, 0.5) is 0 Å². The minimum atomic E-state index is 0.760. The molecule has 0 fully saturated rings. The minimum absolute atomic E-state index is 0.760. The predicted molar refractivity (Wildman–Crippen MR) is 49.4 cm³/mol. The summed E-state index contributed by atoms with van der Waals surface area (Å²) in [5.74, 6) is 0. The molecule has 3 nitrogen and oxygen atoms in total. The highest BCUT2D eigenvalue weighted by molar-refractivity contribution is 6.30. The first kappa shape index (κ1) is 7.68. The molecule has 0 aliphatic heterocycles. The Bertz CT molecular complexity index is 413. The van der Waals surface area contributed by atoms with Gasteiger partial charge in [0.25, 0.3) is 0 Å². The number of aromatic nitrogens is 3. The summed E-state index contributed by atoms with van der Waals surface area (Å²) < 4.78 is 3.78. The monoisotopic (exact) mass is 183 g/mol. The molecule has 0 N–H and O–H groups in total. The molecule has 64 valence electrons. The number of fused-ring (bicyclic) bond motifs is 1. The van der Waals surface area contributed by atoms with Crippen LogP contribution in [0.1, 0.15) is 6.92 Å². The molecule has 0 saturated heterocycles. The van der Waals surface area contributed by atoms with Gasteiger partial charge in [0.1, 0.15) is 5.15 Å². The fraction of sp³-hybridized carbons (Fsp3) is 0.375. The zero-order valence-corrected chi connectivity index (χ0v) is 7.84. The highest BCUT2D eigenvalue weighted by Crippen LogP contribution is 2.21. The first-order valence-electron chi connectivity index (χ1n) is 3.90. The molecule has 0 spiro atoms. The molecular weight excluding hydrogens is 174 g/mol. The van der Waals surface area contributed by atoms with Crippen LogP contribution >= 0.6 is 11.6 Å². The van der Waals surface area contributed by atoms with Crippen LogP contribution in [0.2, 0.25) is 5.15 Å². The smallest absolute Gasteiger partial charge is 0.163 e. The lowest BCUT2D eigenvalue weighted by molar-refractivity contribution is 0.734. The first-order chi connectivity index (χ1) is 5.72. The standard InChI is InChI=1S/C8H10ClN3/c1-3-12-7(9)4-6-5-11(2)10-8(6)12/h4-5H,3H2,1-2H3. The number of aryl methyl sites for hydroxylation is 2. The van der Waals surface area contributed by atoms with Gasteiger partial charge in [0, 0.05) is 25.2 Å². The van der Waals surface area contributed by atoms with E-state index >= 15 is 0 Å². The SMILES string of the molecule is CCn1c(Cl)cc2cn(C)nc21. The van der Waals surface area contributed by atoms with Crippen molar-refractivity contribution in [3.05, 3.63) is 17.4 Å². The molecule has 4 heteroatoms. The van der Waals surface area contributed by atoms with Crippen molar-refractivity contribution in [1.82, 2.24) is 14.3 Å². The van der Waals surface area contributed by atoms with Gasteiger partial charge in [0.05, 0.1) is 0 Å². The zero-order chi connectivity index (χ0) is 8.72. The fourth-order valence-electron chi connectivity index (χ4n) is 1.41. The Balaban J connectivity index is 2.78. The van der Waals surface area contributed by atoms with E-state index in [0.29, 0.717) is 0 Å². The topological polar surface area (TPSA) is 22.8 Å². The zero-order valence-electron chi connectivity index (χ0n) is 7.08. The van der Waals surface area contributed by atoms with Gasteiger partial charge < -0.3 is 4.57 Å². The Morgan fingerprint density at radius 3 is 3.00 bits per heavy atom. The van der Waals surface area contributed by atoms with E-state index in [1.807, 2.05) is 23.9 Å². The molecule has 0 saturated carbocycles. The van der Waals surface area contributed by atoms with Crippen molar-refractivity contribution in [2.75, 3.05) is 0 Å². The molecular formula is C8H10ClN3. The lowest BCUT2D eigenvalue weighted by Crippen LogP contribution is -1.96. The number of nitrogens with zero attached hydrogens (tertiary/aromatic N) is 3. The average molecular weight is 184 g/mol. The Labute approximate surface area is 75.5 Å². The summed E-state index contributed by atoms with van der Waals surface area (Å²) in [4.78, 5) is 0. The fourth-order valence-corrected chi connectivity index (χ4v) is 1.73. The lowest BCUT2D eigenvalue weighted by atomic mass is 10.4. The molecule has 0 atom stereocenters. The Morgan fingerprint density at radius 1 is 1.58 bits per heavy atom. The van der Waals surface area contributed by atoms with E-state index in [-0.39, 0.29) is 0 Å². The summed E-state index contributed by atoms with van der Waals surface area (Å²) in [6, 6.07) is 1.94. The van der Waals surface area contributed by atoms with Crippen molar-refractivity contribution in [1.29, 1.82) is 0 Å². The van der Waals surface area contributed by atoms with E-state index in [2.05, 4.69) is 12.0 Å². The number of hydrogen-bond acceptors (Lipinski definition) is 1. The molecule has 2 aromatic heterocycles. The predicted octanol–water partition coefficient (Wildman–Crippen LogP) is 2.05. The Hall–Kier alpha value is -0.960. The van der Waals surface area contributed by atoms with Crippen LogP contribution in [0.25, 0.3) is 11.0 Å². The van der Waals surface area contributed by atoms with E-state index in [4.69, 9.17) is 11.6 Å². The van der Waals surface area contributed by atoms with E-state index < -0.39 is 0 Å². The van der Waals surface area contributed by atoms with Crippen LogP contribution < -0.4 is 0 Å².